The lowest BCUT2D eigenvalue weighted by Crippen LogP contribution is -2.49. The highest BCUT2D eigenvalue weighted by atomic mass is 16.5. The lowest BCUT2D eigenvalue weighted by Gasteiger charge is -2.34. The van der Waals surface area contributed by atoms with Gasteiger partial charge in [0.15, 0.2) is 0 Å². The quantitative estimate of drug-likeness (QED) is 0.858. The van der Waals surface area contributed by atoms with Crippen LogP contribution < -0.4 is 5.73 Å². The summed E-state index contributed by atoms with van der Waals surface area (Å²) in [7, 11) is 1.87. The van der Waals surface area contributed by atoms with Gasteiger partial charge >= 0.3 is 0 Å². The van der Waals surface area contributed by atoms with E-state index in [9.17, 15) is 4.79 Å². The molecule has 1 aliphatic heterocycles. The van der Waals surface area contributed by atoms with Crippen molar-refractivity contribution in [2.45, 2.75) is 31.9 Å². The molecule has 6 nitrogen and oxygen atoms in total. The number of rotatable bonds is 4. The van der Waals surface area contributed by atoms with Gasteiger partial charge in [-0.15, -0.1) is 0 Å². The van der Waals surface area contributed by atoms with Crippen molar-refractivity contribution in [2.24, 2.45) is 12.8 Å². The zero-order valence-corrected chi connectivity index (χ0v) is 11.6. The number of morpholine rings is 1. The third kappa shape index (κ3) is 3.33. The second-order valence-electron chi connectivity index (χ2n) is 4.99. The maximum Gasteiger partial charge on any atom is 0.239 e. The smallest absolute Gasteiger partial charge is 0.239 e. The Labute approximate surface area is 113 Å². The van der Waals surface area contributed by atoms with E-state index >= 15 is 0 Å². The predicted molar refractivity (Wildman–Crippen MR) is 71.4 cm³/mol. The molecule has 6 heteroatoms. The summed E-state index contributed by atoms with van der Waals surface area (Å²) in [6.07, 6.45) is 5.26. The van der Waals surface area contributed by atoms with Crippen molar-refractivity contribution >= 4 is 5.91 Å². The van der Waals surface area contributed by atoms with Gasteiger partial charge in [-0.25, -0.2) is 0 Å². The summed E-state index contributed by atoms with van der Waals surface area (Å²) in [6, 6.07) is -0.391. The van der Waals surface area contributed by atoms with Crippen molar-refractivity contribution in [2.75, 3.05) is 19.7 Å². The molecule has 1 aliphatic rings. The highest BCUT2D eigenvalue weighted by Gasteiger charge is 2.28. The van der Waals surface area contributed by atoms with E-state index in [0.717, 1.165) is 18.4 Å². The SMILES string of the molecule is CCCC(N)C(=O)N1CCOC(c2cnn(C)c2)C1. The lowest BCUT2D eigenvalue weighted by molar-refractivity contribution is -0.140. The van der Waals surface area contributed by atoms with Crippen LogP contribution in [0.2, 0.25) is 0 Å². The molecule has 1 fully saturated rings. The Kier molecular flexibility index (Phi) is 4.55. The number of aryl methyl sites for hydroxylation is 1. The monoisotopic (exact) mass is 266 g/mol. The van der Waals surface area contributed by atoms with Gasteiger partial charge in [-0.1, -0.05) is 13.3 Å². The molecule has 1 amide bonds. The fraction of sp³-hybridized carbons (Fsp3) is 0.692. The molecule has 0 radical (unpaired) electrons. The van der Waals surface area contributed by atoms with E-state index in [1.807, 2.05) is 25.1 Å². The van der Waals surface area contributed by atoms with Crippen molar-refractivity contribution in [3.63, 3.8) is 0 Å². The number of ether oxygens (including phenoxy) is 1. The molecule has 2 N–H and O–H groups in total. The molecule has 2 rings (SSSR count). The Morgan fingerprint density at radius 1 is 1.68 bits per heavy atom. The van der Waals surface area contributed by atoms with Crippen LogP contribution in [0.3, 0.4) is 0 Å². The van der Waals surface area contributed by atoms with Gasteiger partial charge in [0.25, 0.3) is 0 Å². The molecule has 0 aromatic carbocycles. The summed E-state index contributed by atoms with van der Waals surface area (Å²) in [6.45, 7) is 3.75. The van der Waals surface area contributed by atoms with Crippen LogP contribution in [0.4, 0.5) is 0 Å². The van der Waals surface area contributed by atoms with Crippen LogP contribution >= 0.6 is 0 Å². The zero-order chi connectivity index (χ0) is 13.8. The summed E-state index contributed by atoms with van der Waals surface area (Å²) < 4.78 is 7.45. The Balaban J connectivity index is 1.99. The number of hydrogen-bond acceptors (Lipinski definition) is 4. The van der Waals surface area contributed by atoms with Crippen molar-refractivity contribution in [3.05, 3.63) is 18.0 Å². The number of nitrogens with two attached hydrogens (primary N) is 1. The van der Waals surface area contributed by atoms with Crippen LogP contribution in [0.25, 0.3) is 0 Å². The molecule has 0 spiro atoms. The standard InChI is InChI=1S/C13H22N4O2/c1-3-4-11(14)13(18)17-5-6-19-12(9-17)10-7-15-16(2)8-10/h7-8,11-12H,3-6,9,14H2,1-2H3. The molecule has 2 heterocycles. The van der Waals surface area contributed by atoms with Crippen LogP contribution in [0, 0.1) is 0 Å². The van der Waals surface area contributed by atoms with Gasteiger partial charge < -0.3 is 15.4 Å². The minimum atomic E-state index is -0.391. The van der Waals surface area contributed by atoms with Gasteiger partial charge in [0.1, 0.15) is 6.10 Å². The summed E-state index contributed by atoms with van der Waals surface area (Å²) in [4.78, 5) is 14.0. The molecular formula is C13H22N4O2. The number of carbonyl (C=O) groups excluding carboxylic acids is 1. The Morgan fingerprint density at radius 2 is 2.47 bits per heavy atom. The average Bonchev–Trinajstić information content (AvgIpc) is 2.85. The van der Waals surface area contributed by atoms with E-state index in [-0.39, 0.29) is 12.0 Å². The van der Waals surface area contributed by atoms with Gasteiger partial charge in [-0.05, 0) is 6.42 Å². The minimum Gasteiger partial charge on any atom is -0.370 e. The van der Waals surface area contributed by atoms with E-state index in [1.165, 1.54) is 0 Å². The summed E-state index contributed by atoms with van der Waals surface area (Å²) >= 11 is 0. The third-order valence-corrected chi connectivity index (χ3v) is 3.39. The van der Waals surface area contributed by atoms with Crippen LogP contribution in [0.1, 0.15) is 31.4 Å². The van der Waals surface area contributed by atoms with Gasteiger partial charge in [0.2, 0.25) is 5.91 Å². The van der Waals surface area contributed by atoms with E-state index in [1.54, 1.807) is 10.9 Å². The molecular weight excluding hydrogens is 244 g/mol. The molecule has 0 bridgehead atoms. The van der Waals surface area contributed by atoms with Crippen molar-refractivity contribution < 1.29 is 9.53 Å². The molecule has 106 valence electrons. The summed E-state index contributed by atoms with van der Waals surface area (Å²) in [5, 5.41) is 4.13. The summed E-state index contributed by atoms with van der Waals surface area (Å²) in [5.74, 6) is 0.0269. The first-order valence-corrected chi connectivity index (χ1v) is 6.76. The third-order valence-electron chi connectivity index (χ3n) is 3.39. The fourth-order valence-electron chi connectivity index (χ4n) is 2.33. The largest absolute Gasteiger partial charge is 0.370 e. The predicted octanol–water partition coefficient (Wildman–Crippen LogP) is 0.447. The topological polar surface area (TPSA) is 73.4 Å². The van der Waals surface area contributed by atoms with Crippen molar-refractivity contribution in [1.82, 2.24) is 14.7 Å². The first-order chi connectivity index (χ1) is 9.11. The molecule has 1 aromatic heterocycles. The molecule has 2 unspecified atom stereocenters. The molecule has 0 aliphatic carbocycles. The van der Waals surface area contributed by atoms with Crippen LogP contribution in [-0.4, -0.2) is 46.3 Å². The maximum atomic E-state index is 12.2. The average molecular weight is 266 g/mol. The number of hydrogen-bond donors (Lipinski definition) is 1. The first-order valence-electron chi connectivity index (χ1n) is 6.76. The molecule has 0 saturated carbocycles. The van der Waals surface area contributed by atoms with Crippen LogP contribution in [0.5, 0.6) is 0 Å². The van der Waals surface area contributed by atoms with Gasteiger partial charge in [-0.2, -0.15) is 5.10 Å². The molecule has 1 aromatic rings. The van der Waals surface area contributed by atoms with E-state index in [4.69, 9.17) is 10.5 Å². The van der Waals surface area contributed by atoms with Gasteiger partial charge in [0, 0.05) is 25.4 Å². The maximum absolute atomic E-state index is 12.2. The minimum absolute atomic E-state index is 0.0269. The van der Waals surface area contributed by atoms with Gasteiger partial charge in [-0.3, -0.25) is 9.48 Å². The summed E-state index contributed by atoms with van der Waals surface area (Å²) in [5.41, 5.74) is 6.90. The van der Waals surface area contributed by atoms with Crippen molar-refractivity contribution in [3.8, 4) is 0 Å². The Hall–Kier alpha value is -1.40. The Morgan fingerprint density at radius 3 is 3.11 bits per heavy atom. The van der Waals surface area contributed by atoms with Crippen LogP contribution in [-0.2, 0) is 16.6 Å². The number of aromatic nitrogens is 2. The first kappa shape index (κ1) is 14.0. The molecule has 19 heavy (non-hydrogen) atoms. The number of amides is 1. The normalized spacial score (nSPS) is 21.4. The number of nitrogens with zero attached hydrogens (tertiary/aromatic N) is 3. The van der Waals surface area contributed by atoms with Gasteiger partial charge in [0.05, 0.1) is 25.4 Å². The molecule has 1 saturated heterocycles. The number of carbonyl (C=O) groups is 1. The van der Waals surface area contributed by atoms with E-state index in [0.29, 0.717) is 19.7 Å². The highest BCUT2D eigenvalue weighted by molar-refractivity contribution is 5.81. The Bertz CT molecular complexity index is 432. The second-order valence-corrected chi connectivity index (χ2v) is 4.99. The molecule has 2 atom stereocenters. The van der Waals surface area contributed by atoms with Crippen molar-refractivity contribution in [1.29, 1.82) is 0 Å². The van der Waals surface area contributed by atoms with E-state index < -0.39 is 6.04 Å². The highest BCUT2D eigenvalue weighted by Crippen LogP contribution is 2.22. The van der Waals surface area contributed by atoms with E-state index in [2.05, 4.69) is 5.10 Å². The lowest BCUT2D eigenvalue weighted by atomic mass is 10.1. The second kappa shape index (κ2) is 6.16. The van der Waals surface area contributed by atoms with Crippen LogP contribution in [0.15, 0.2) is 12.4 Å². The zero-order valence-electron chi connectivity index (χ0n) is 11.6. The fourth-order valence-corrected chi connectivity index (χ4v) is 2.33.